The molecule has 0 bridgehead atoms. The van der Waals surface area contributed by atoms with Gasteiger partial charge in [-0.25, -0.2) is 0 Å². The van der Waals surface area contributed by atoms with Crippen LogP contribution >= 0.6 is 0 Å². The smallest absolute Gasteiger partial charge is 0.260 e. The maximum Gasteiger partial charge on any atom is 0.260 e. The zero-order valence-corrected chi connectivity index (χ0v) is 12.6. The average molecular weight is 289 g/mol. The van der Waals surface area contributed by atoms with Gasteiger partial charge in [0, 0.05) is 12.6 Å². The molecular weight excluding hydrogens is 266 g/mol. The Bertz CT molecular complexity index is 481. The number of nitrogens with zero attached hydrogens (tertiary/aromatic N) is 1. The van der Waals surface area contributed by atoms with Gasteiger partial charge in [-0.3, -0.25) is 9.59 Å². The molecule has 0 unspecified atom stereocenters. The number of likely N-dealkylation sites (N-methyl/N-ethyl adjacent to an activating group) is 1. The predicted molar refractivity (Wildman–Crippen MR) is 81.6 cm³/mol. The molecule has 1 saturated carbocycles. The zero-order chi connectivity index (χ0) is 15.1. The first-order chi connectivity index (χ1) is 10.3. The first kappa shape index (κ1) is 15.5. The van der Waals surface area contributed by atoms with Crippen molar-refractivity contribution >= 4 is 12.2 Å². The number of benzene rings is 1. The molecule has 1 aromatic rings. The van der Waals surface area contributed by atoms with Gasteiger partial charge in [0.15, 0.2) is 12.9 Å². The summed E-state index contributed by atoms with van der Waals surface area (Å²) in [6.45, 7) is 2.71. The molecule has 1 aliphatic rings. The summed E-state index contributed by atoms with van der Waals surface area (Å²) in [4.78, 5) is 25.2. The molecule has 0 N–H and O–H groups in total. The summed E-state index contributed by atoms with van der Waals surface area (Å²) in [5, 5.41) is 0. The molecule has 1 amide bonds. The summed E-state index contributed by atoms with van der Waals surface area (Å²) in [6, 6.07) is 7.32. The molecule has 1 fully saturated rings. The van der Waals surface area contributed by atoms with E-state index in [4.69, 9.17) is 4.74 Å². The number of carbonyl (C=O) groups is 2. The third-order valence-electron chi connectivity index (χ3n) is 4.07. The van der Waals surface area contributed by atoms with Crippen molar-refractivity contribution in [1.29, 1.82) is 0 Å². The van der Waals surface area contributed by atoms with Crippen molar-refractivity contribution in [3.63, 3.8) is 0 Å². The lowest BCUT2D eigenvalue weighted by molar-refractivity contribution is -0.136. The van der Waals surface area contributed by atoms with E-state index in [2.05, 4.69) is 0 Å². The molecule has 4 nitrogen and oxygen atoms in total. The Kier molecular flexibility index (Phi) is 5.78. The van der Waals surface area contributed by atoms with Crippen LogP contribution in [0.2, 0.25) is 0 Å². The monoisotopic (exact) mass is 289 g/mol. The third-order valence-corrected chi connectivity index (χ3v) is 4.07. The summed E-state index contributed by atoms with van der Waals surface area (Å²) < 4.78 is 5.54. The minimum atomic E-state index is -0.00477. The Morgan fingerprint density at radius 1 is 1.29 bits per heavy atom. The average Bonchev–Trinajstić information content (AvgIpc) is 2.55. The number of rotatable bonds is 6. The summed E-state index contributed by atoms with van der Waals surface area (Å²) in [5.41, 5.74) is 0.478. The molecule has 1 aliphatic carbocycles. The topological polar surface area (TPSA) is 46.6 Å². The molecular formula is C17H23NO3. The van der Waals surface area contributed by atoms with E-state index in [-0.39, 0.29) is 12.5 Å². The Balaban J connectivity index is 1.94. The molecule has 1 aromatic carbocycles. The largest absolute Gasteiger partial charge is 0.483 e. The number of ether oxygens (including phenoxy) is 1. The summed E-state index contributed by atoms with van der Waals surface area (Å²) in [7, 11) is 0. The normalized spacial score (nSPS) is 15.5. The number of hydrogen-bond donors (Lipinski definition) is 0. The first-order valence-corrected chi connectivity index (χ1v) is 7.72. The maximum atomic E-state index is 12.4. The van der Waals surface area contributed by atoms with Crippen LogP contribution in [0.15, 0.2) is 24.3 Å². The number of amides is 1. The van der Waals surface area contributed by atoms with Crippen LogP contribution in [0, 0.1) is 0 Å². The van der Waals surface area contributed by atoms with Crippen molar-refractivity contribution < 1.29 is 14.3 Å². The van der Waals surface area contributed by atoms with Gasteiger partial charge in [0.2, 0.25) is 0 Å². The Morgan fingerprint density at radius 3 is 2.67 bits per heavy atom. The quantitative estimate of drug-likeness (QED) is 0.756. The van der Waals surface area contributed by atoms with Gasteiger partial charge in [-0.15, -0.1) is 0 Å². The van der Waals surface area contributed by atoms with Gasteiger partial charge < -0.3 is 9.64 Å². The van der Waals surface area contributed by atoms with Crippen LogP contribution < -0.4 is 4.74 Å². The molecule has 0 spiro atoms. The van der Waals surface area contributed by atoms with Gasteiger partial charge in [0.25, 0.3) is 5.91 Å². The van der Waals surface area contributed by atoms with Gasteiger partial charge >= 0.3 is 0 Å². The zero-order valence-electron chi connectivity index (χ0n) is 12.6. The lowest BCUT2D eigenvalue weighted by atomic mass is 9.94. The van der Waals surface area contributed by atoms with E-state index < -0.39 is 0 Å². The lowest BCUT2D eigenvalue weighted by Gasteiger charge is -2.33. The molecule has 0 radical (unpaired) electrons. The molecule has 114 valence electrons. The van der Waals surface area contributed by atoms with Gasteiger partial charge in [-0.1, -0.05) is 31.4 Å². The van der Waals surface area contributed by atoms with Crippen LogP contribution in [-0.2, 0) is 4.79 Å². The maximum absolute atomic E-state index is 12.4. The number of aldehydes is 1. The van der Waals surface area contributed by atoms with Crippen LogP contribution in [-0.4, -0.2) is 36.3 Å². The van der Waals surface area contributed by atoms with Crippen LogP contribution in [0.1, 0.15) is 49.4 Å². The van der Waals surface area contributed by atoms with Crippen LogP contribution in [0.5, 0.6) is 5.75 Å². The highest BCUT2D eigenvalue weighted by atomic mass is 16.5. The Morgan fingerprint density at radius 2 is 2.00 bits per heavy atom. The molecule has 4 heteroatoms. The predicted octanol–water partition coefficient (Wildman–Crippen LogP) is 3.06. The minimum Gasteiger partial charge on any atom is -0.483 e. The van der Waals surface area contributed by atoms with Crippen molar-refractivity contribution in [2.24, 2.45) is 0 Å². The van der Waals surface area contributed by atoms with Crippen molar-refractivity contribution in [2.45, 2.75) is 45.1 Å². The highest BCUT2D eigenvalue weighted by Crippen LogP contribution is 2.23. The number of hydrogen-bond acceptors (Lipinski definition) is 3. The Labute approximate surface area is 126 Å². The van der Waals surface area contributed by atoms with Crippen molar-refractivity contribution in [3.05, 3.63) is 29.8 Å². The molecule has 0 saturated heterocycles. The van der Waals surface area contributed by atoms with E-state index in [0.29, 0.717) is 23.9 Å². The van der Waals surface area contributed by atoms with Crippen LogP contribution in [0.4, 0.5) is 0 Å². The van der Waals surface area contributed by atoms with E-state index in [1.54, 1.807) is 24.3 Å². The van der Waals surface area contributed by atoms with Gasteiger partial charge in [0.05, 0.1) is 5.56 Å². The van der Waals surface area contributed by atoms with Crippen LogP contribution in [0.25, 0.3) is 0 Å². The second-order valence-corrected chi connectivity index (χ2v) is 5.42. The molecule has 0 aliphatic heterocycles. The highest BCUT2D eigenvalue weighted by molar-refractivity contribution is 5.81. The van der Waals surface area contributed by atoms with Gasteiger partial charge in [-0.05, 0) is 31.9 Å². The Hall–Kier alpha value is -1.84. The fourth-order valence-electron chi connectivity index (χ4n) is 2.96. The molecule has 0 heterocycles. The highest BCUT2D eigenvalue weighted by Gasteiger charge is 2.24. The van der Waals surface area contributed by atoms with Gasteiger partial charge in [0.1, 0.15) is 5.75 Å². The van der Waals surface area contributed by atoms with Crippen molar-refractivity contribution in [1.82, 2.24) is 4.90 Å². The fraction of sp³-hybridized carbons (Fsp3) is 0.529. The van der Waals surface area contributed by atoms with E-state index in [9.17, 15) is 9.59 Å². The minimum absolute atomic E-state index is 0.00472. The second-order valence-electron chi connectivity index (χ2n) is 5.42. The number of carbonyl (C=O) groups excluding carboxylic acids is 2. The molecule has 2 rings (SSSR count). The SMILES string of the molecule is CCN(C(=O)COc1ccccc1C=O)C1CCCCC1. The first-order valence-electron chi connectivity index (χ1n) is 7.72. The van der Waals surface area contributed by atoms with E-state index in [1.165, 1.54) is 19.3 Å². The van der Waals surface area contributed by atoms with Crippen LogP contribution in [0.3, 0.4) is 0 Å². The van der Waals surface area contributed by atoms with Gasteiger partial charge in [-0.2, -0.15) is 0 Å². The molecule has 21 heavy (non-hydrogen) atoms. The summed E-state index contributed by atoms with van der Waals surface area (Å²) >= 11 is 0. The standard InChI is InChI=1S/C17H23NO3/c1-2-18(15-9-4-3-5-10-15)17(20)13-21-16-11-7-6-8-14(16)12-19/h6-8,11-12,15H,2-5,9-10,13H2,1H3. The summed E-state index contributed by atoms with van der Waals surface area (Å²) in [6.07, 6.45) is 6.59. The molecule has 0 atom stereocenters. The number of para-hydroxylation sites is 1. The molecule has 0 aromatic heterocycles. The van der Waals surface area contributed by atoms with E-state index in [0.717, 1.165) is 19.1 Å². The fourth-order valence-corrected chi connectivity index (χ4v) is 2.96. The van der Waals surface area contributed by atoms with E-state index >= 15 is 0 Å². The second kappa shape index (κ2) is 7.81. The van der Waals surface area contributed by atoms with Crippen molar-refractivity contribution in [3.8, 4) is 5.75 Å². The van der Waals surface area contributed by atoms with Crippen molar-refractivity contribution in [2.75, 3.05) is 13.2 Å². The summed E-state index contributed by atoms with van der Waals surface area (Å²) in [5.74, 6) is 0.477. The van der Waals surface area contributed by atoms with E-state index in [1.807, 2.05) is 11.8 Å². The third kappa shape index (κ3) is 4.06. The lowest BCUT2D eigenvalue weighted by Crippen LogP contribution is -2.43.